The van der Waals surface area contributed by atoms with E-state index in [1.165, 1.54) is 17.0 Å². The summed E-state index contributed by atoms with van der Waals surface area (Å²) in [5, 5.41) is 21.9. The molecule has 8 heteroatoms. The van der Waals surface area contributed by atoms with Gasteiger partial charge >= 0.3 is 0 Å². The summed E-state index contributed by atoms with van der Waals surface area (Å²) in [5.41, 5.74) is 0.969. The number of ether oxygens (including phenoxy) is 1. The number of aliphatic hydroxyl groups is 1. The van der Waals surface area contributed by atoms with Gasteiger partial charge in [-0.05, 0) is 34.7 Å². The number of tetrazole rings is 1. The number of nitrogens with one attached hydrogen (secondary N) is 1. The van der Waals surface area contributed by atoms with Crippen molar-refractivity contribution in [2.24, 2.45) is 0 Å². The minimum atomic E-state index is -0.263. The Morgan fingerprint density at radius 3 is 2.71 bits per heavy atom. The van der Waals surface area contributed by atoms with Crippen LogP contribution in [-0.2, 0) is 11.3 Å². The maximum absolute atomic E-state index is 13.3. The second kappa shape index (κ2) is 7.78. The molecule has 1 saturated heterocycles. The predicted molar refractivity (Wildman–Crippen MR) is 83.9 cm³/mol. The van der Waals surface area contributed by atoms with Crippen LogP contribution < -0.4 is 4.90 Å². The van der Waals surface area contributed by atoms with Gasteiger partial charge in [0.15, 0.2) is 6.04 Å². The van der Waals surface area contributed by atoms with E-state index in [1.54, 1.807) is 23.9 Å². The Morgan fingerprint density at radius 1 is 1.33 bits per heavy atom. The highest BCUT2D eigenvalue weighted by Gasteiger charge is 2.34. The molecule has 0 saturated carbocycles. The van der Waals surface area contributed by atoms with Crippen LogP contribution in [0.2, 0.25) is 0 Å². The summed E-state index contributed by atoms with van der Waals surface area (Å²) in [6.45, 7) is 2.72. The van der Waals surface area contributed by atoms with Crippen LogP contribution in [-0.4, -0.2) is 58.2 Å². The molecule has 3 rings (SSSR count). The number of piperidine rings is 1. The zero-order valence-electron chi connectivity index (χ0n) is 13.7. The number of aromatic nitrogens is 4. The van der Waals surface area contributed by atoms with Gasteiger partial charge < -0.3 is 14.7 Å². The number of benzene rings is 1. The summed E-state index contributed by atoms with van der Waals surface area (Å²) in [6, 6.07) is 6.40. The largest absolute Gasteiger partial charge is 0.393 e. The molecule has 0 bridgehead atoms. The lowest BCUT2D eigenvalue weighted by Crippen LogP contribution is -3.13. The number of nitrogens with zero attached hydrogens (tertiary/aromatic N) is 4. The molecule has 0 amide bonds. The van der Waals surface area contributed by atoms with E-state index in [4.69, 9.17) is 4.74 Å². The van der Waals surface area contributed by atoms with Gasteiger partial charge in [0.1, 0.15) is 5.82 Å². The van der Waals surface area contributed by atoms with E-state index >= 15 is 0 Å². The molecule has 1 atom stereocenters. The fourth-order valence-corrected chi connectivity index (χ4v) is 3.24. The van der Waals surface area contributed by atoms with Gasteiger partial charge in [-0.1, -0.05) is 0 Å². The molecule has 0 radical (unpaired) electrons. The van der Waals surface area contributed by atoms with Gasteiger partial charge in [0.2, 0.25) is 5.82 Å². The van der Waals surface area contributed by atoms with Crippen LogP contribution in [0, 0.1) is 5.82 Å². The standard InChI is InChI=1S/C16H22FN5O2/c1-24-11-10-22-16(18-19-20-22)15(12-2-4-13(17)5-3-12)21-8-6-14(23)7-9-21/h2-5,14-15,23H,6-11H2,1H3/p+1/t15-/m0/s1. The van der Waals surface area contributed by atoms with E-state index in [9.17, 15) is 9.50 Å². The molecule has 0 unspecified atom stereocenters. The lowest BCUT2D eigenvalue weighted by Gasteiger charge is -2.32. The molecule has 1 aromatic heterocycles. The molecule has 1 aliphatic heterocycles. The highest BCUT2D eigenvalue weighted by molar-refractivity contribution is 5.23. The van der Waals surface area contributed by atoms with Crippen molar-refractivity contribution in [3.63, 3.8) is 0 Å². The Kier molecular flexibility index (Phi) is 5.49. The third-order valence-electron chi connectivity index (χ3n) is 4.53. The van der Waals surface area contributed by atoms with Crippen LogP contribution >= 0.6 is 0 Å². The van der Waals surface area contributed by atoms with E-state index in [0.29, 0.717) is 13.2 Å². The van der Waals surface area contributed by atoms with Crippen molar-refractivity contribution in [3.05, 3.63) is 41.5 Å². The van der Waals surface area contributed by atoms with E-state index in [1.807, 2.05) is 0 Å². The van der Waals surface area contributed by atoms with E-state index in [0.717, 1.165) is 37.3 Å². The average molecular weight is 336 g/mol. The van der Waals surface area contributed by atoms with Gasteiger partial charge in [-0.15, -0.1) is 5.10 Å². The fraction of sp³-hybridized carbons (Fsp3) is 0.562. The van der Waals surface area contributed by atoms with Gasteiger partial charge in [0.05, 0.1) is 32.3 Å². The summed E-state index contributed by atoms with van der Waals surface area (Å²) >= 11 is 0. The van der Waals surface area contributed by atoms with Crippen LogP contribution in [0.3, 0.4) is 0 Å². The molecule has 24 heavy (non-hydrogen) atoms. The topological polar surface area (TPSA) is 77.5 Å². The molecule has 1 fully saturated rings. The number of hydrogen-bond donors (Lipinski definition) is 2. The van der Waals surface area contributed by atoms with E-state index in [-0.39, 0.29) is 18.0 Å². The van der Waals surface area contributed by atoms with Crippen molar-refractivity contribution in [1.82, 2.24) is 20.2 Å². The number of halogens is 1. The highest BCUT2D eigenvalue weighted by Crippen LogP contribution is 2.19. The van der Waals surface area contributed by atoms with Crippen molar-refractivity contribution in [2.45, 2.75) is 31.5 Å². The first-order valence-corrected chi connectivity index (χ1v) is 8.22. The van der Waals surface area contributed by atoms with Gasteiger partial charge in [-0.3, -0.25) is 0 Å². The molecule has 7 nitrogen and oxygen atoms in total. The molecule has 130 valence electrons. The number of aliphatic hydroxyl groups excluding tert-OH is 1. The van der Waals surface area contributed by atoms with Crippen molar-refractivity contribution in [3.8, 4) is 0 Å². The van der Waals surface area contributed by atoms with Crippen LogP contribution in [0.25, 0.3) is 0 Å². The second-order valence-electron chi connectivity index (χ2n) is 6.13. The predicted octanol–water partition coefficient (Wildman–Crippen LogP) is -0.412. The van der Waals surface area contributed by atoms with Gasteiger partial charge in [0, 0.05) is 25.5 Å². The summed E-state index contributed by atoms with van der Waals surface area (Å²) in [7, 11) is 1.64. The lowest BCUT2D eigenvalue weighted by molar-refractivity contribution is -0.932. The Hall–Kier alpha value is -1.90. The average Bonchev–Trinajstić information content (AvgIpc) is 3.05. The minimum absolute atomic E-state index is 0.0926. The normalized spacial score (nSPS) is 22.5. The maximum Gasteiger partial charge on any atom is 0.214 e. The molecule has 2 N–H and O–H groups in total. The Bertz CT molecular complexity index is 640. The van der Waals surface area contributed by atoms with Gasteiger partial charge in [-0.25, -0.2) is 9.07 Å². The number of hydrogen-bond acceptors (Lipinski definition) is 5. The van der Waals surface area contributed by atoms with Gasteiger partial charge in [0.25, 0.3) is 0 Å². The van der Waals surface area contributed by atoms with Crippen LogP contribution in [0.15, 0.2) is 24.3 Å². The zero-order chi connectivity index (χ0) is 16.9. The summed E-state index contributed by atoms with van der Waals surface area (Å²) in [4.78, 5) is 1.28. The molecule has 0 aliphatic carbocycles. The molecular weight excluding hydrogens is 313 g/mol. The Morgan fingerprint density at radius 2 is 2.04 bits per heavy atom. The Labute approximate surface area is 140 Å². The first-order chi connectivity index (χ1) is 11.7. The summed E-state index contributed by atoms with van der Waals surface area (Å²) in [5.74, 6) is 0.477. The summed E-state index contributed by atoms with van der Waals surface area (Å²) in [6.07, 6.45) is 1.24. The van der Waals surface area contributed by atoms with Crippen molar-refractivity contribution in [2.75, 3.05) is 26.8 Å². The minimum Gasteiger partial charge on any atom is -0.393 e. The second-order valence-corrected chi connectivity index (χ2v) is 6.13. The third-order valence-corrected chi connectivity index (χ3v) is 4.53. The summed E-state index contributed by atoms with van der Waals surface area (Å²) < 4.78 is 20.2. The monoisotopic (exact) mass is 336 g/mol. The van der Waals surface area contributed by atoms with Crippen LogP contribution in [0.5, 0.6) is 0 Å². The van der Waals surface area contributed by atoms with E-state index in [2.05, 4.69) is 15.5 Å². The number of methoxy groups -OCH3 is 1. The molecule has 2 aromatic rings. The Balaban J connectivity index is 1.92. The van der Waals surface area contributed by atoms with Crippen molar-refractivity contribution in [1.29, 1.82) is 0 Å². The van der Waals surface area contributed by atoms with E-state index < -0.39 is 0 Å². The fourth-order valence-electron chi connectivity index (χ4n) is 3.24. The SMILES string of the molecule is COCCn1nnnc1[C@H](c1ccc(F)cc1)[NH+]1CCC(O)CC1. The first kappa shape index (κ1) is 16.9. The number of likely N-dealkylation sites (tertiary alicyclic amines) is 1. The van der Waals surface area contributed by atoms with Crippen molar-refractivity contribution >= 4 is 0 Å². The molecule has 0 spiro atoms. The highest BCUT2D eigenvalue weighted by atomic mass is 19.1. The maximum atomic E-state index is 13.3. The molecule has 1 aliphatic rings. The lowest BCUT2D eigenvalue weighted by atomic mass is 10.00. The first-order valence-electron chi connectivity index (χ1n) is 8.22. The number of rotatable bonds is 6. The zero-order valence-corrected chi connectivity index (χ0v) is 13.7. The molecule has 1 aromatic carbocycles. The van der Waals surface area contributed by atoms with Crippen LogP contribution in [0.4, 0.5) is 4.39 Å². The smallest absolute Gasteiger partial charge is 0.214 e. The molecule has 2 heterocycles. The third kappa shape index (κ3) is 3.77. The number of quaternary nitrogens is 1. The quantitative estimate of drug-likeness (QED) is 0.750. The van der Waals surface area contributed by atoms with Crippen molar-refractivity contribution < 1.29 is 19.1 Å². The van der Waals surface area contributed by atoms with Gasteiger partial charge in [-0.2, -0.15) is 0 Å². The van der Waals surface area contributed by atoms with Crippen LogP contribution in [0.1, 0.15) is 30.3 Å². The molecular formula is C16H23FN5O2+.